The minimum Gasteiger partial charge on any atom is -0.481 e. The molecule has 4 N–H and O–H groups in total. The Morgan fingerprint density at radius 1 is 0.870 bits per heavy atom. The molecule has 1 unspecified atom stereocenters. The largest absolute Gasteiger partial charge is 0.481 e. The Morgan fingerprint density at radius 3 is 1.57 bits per heavy atom. The van der Waals surface area contributed by atoms with Crippen LogP contribution in [0.3, 0.4) is 0 Å². The maximum atomic E-state index is 12.0. The number of nitrogens with two attached hydrogens (primary N) is 1. The highest BCUT2D eigenvalue weighted by Gasteiger charge is 2.48. The van der Waals surface area contributed by atoms with E-state index in [1.54, 1.807) is 48.5 Å². The van der Waals surface area contributed by atoms with Gasteiger partial charge in [0.1, 0.15) is 11.5 Å². The lowest BCUT2D eigenvalue weighted by Crippen LogP contribution is -2.54. The van der Waals surface area contributed by atoms with Crippen LogP contribution in [0.5, 0.6) is 0 Å². The Bertz CT molecular complexity index is 628. The van der Waals surface area contributed by atoms with Crippen LogP contribution in [0.15, 0.2) is 60.7 Å². The number of hydrogen-bond acceptors (Lipinski definition) is 3. The predicted octanol–water partition coefficient (Wildman–Crippen LogP) is 1.95. The minimum absolute atomic E-state index is 0.0472. The third kappa shape index (κ3) is 3.76. The van der Waals surface area contributed by atoms with Gasteiger partial charge in [-0.25, -0.2) is 0 Å². The molecule has 120 valence electrons. The summed E-state index contributed by atoms with van der Waals surface area (Å²) in [7, 11) is 0. The molecule has 0 aliphatic heterocycles. The standard InChI is InChI=1S/C18H19NO4/c19-15(16(20)21)18(17(22)23,11-13-7-3-1-4-8-13)12-14-9-5-2-6-10-14/h1-10,15H,11-12,19H2,(H,20,21)(H,22,23). The van der Waals surface area contributed by atoms with Crippen molar-refractivity contribution < 1.29 is 19.8 Å². The van der Waals surface area contributed by atoms with Crippen molar-refractivity contribution >= 4 is 11.9 Å². The first-order valence-electron chi connectivity index (χ1n) is 7.25. The number of rotatable bonds is 7. The van der Waals surface area contributed by atoms with Crippen molar-refractivity contribution in [3.05, 3.63) is 71.8 Å². The Kier molecular flexibility index (Phi) is 5.13. The third-order valence-corrected chi connectivity index (χ3v) is 4.01. The van der Waals surface area contributed by atoms with Crippen LogP contribution in [0.2, 0.25) is 0 Å². The van der Waals surface area contributed by atoms with Gasteiger partial charge in [0, 0.05) is 0 Å². The number of carboxylic acid groups (broad SMARTS) is 2. The van der Waals surface area contributed by atoms with Gasteiger partial charge in [0.15, 0.2) is 0 Å². The molecule has 0 saturated heterocycles. The lowest BCUT2D eigenvalue weighted by atomic mass is 9.71. The summed E-state index contributed by atoms with van der Waals surface area (Å²) < 4.78 is 0. The van der Waals surface area contributed by atoms with E-state index in [2.05, 4.69) is 0 Å². The summed E-state index contributed by atoms with van der Waals surface area (Å²) in [6, 6.07) is 16.4. The zero-order valence-electron chi connectivity index (χ0n) is 12.6. The first kappa shape index (κ1) is 16.7. The molecule has 5 nitrogen and oxygen atoms in total. The van der Waals surface area contributed by atoms with E-state index in [0.717, 1.165) is 11.1 Å². The van der Waals surface area contributed by atoms with Gasteiger partial charge < -0.3 is 15.9 Å². The predicted molar refractivity (Wildman–Crippen MR) is 86.0 cm³/mol. The number of carboxylic acids is 2. The Morgan fingerprint density at radius 2 is 1.26 bits per heavy atom. The summed E-state index contributed by atoms with van der Waals surface area (Å²) in [5.74, 6) is -2.53. The van der Waals surface area contributed by atoms with Crippen LogP contribution < -0.4 is 5.73 Å². The Hall–Kier alpha value is -2.66. The normalized spacial score (nSPS) is 12.6. The molecule has 5 heteroatoms. The van der Waals surface area contributed by atoms with Crippen molar-refractivity contribution in [3.8, 4) is 0 Å². The second-order valence-corrected chi connectivity index (χ2v) is 5.60. The van der Waals surface area contributed by atoms with Crippen molar-refractivity contribution in [3.63, 3.8) is 0 Å². The van der Waals surface area contributed by atoms with E-state index in [1.807, 2.05) is 12.1 Å². The van der Waals surface area contributed by atoms with Crippen molar-refractivity contribution in [2.24, 2.45) is 11.1 Å². The average molecular weight is 313 g/mol. The topological polar surface area (TPSA) is 101 Å². The fraction of sp³-hybridized carbons (Fsp3) is 0.222. The fourth-order valence-corrected chi connectivity index (χ4v) is 2.72. The lowest BCUT2D eigenvalue weighted by molar-refractivity contribution is -0.157. The van der Waals surface area contributed by atoms with Crippen molar-refractivity contribution in [1.82, 2.24) is 0 Å². The van der Waals surface area contributed by atoms with Gasteiger partial charge in [0.25, 0.3) is 0 Å². The molecule has 2 aromatic rings. The maximum Gasteiger partial charge on any atom is 0.321 e. The van der Waals surface area contributed by atoms with Gasteiger partial charge in [0.05, 0.1) is 0 Å². The second kappa shape index (κ2) is 7.07. The van der Waals surface area contributed by atoms with E-state index in [1.165, 1.54) is 0 Å². The molecule has 0 saturated carbocycles. The van der Waals surface area contributed by atoms with Gasteiger partial charge in [-0.2, -0.15) is 0 Å². The van der Waals surface area contributed by atoms with Crippen LogP contribution in [-0.4, -0.2) is 28.2 Å². The van der Waals surface area contributed by atoms with Crippen LogP contribution in [-0.2, 0) is 22.4 Å². The highest BCUT2D eigenvalue weighted by molar-refractivity contribution is 5.86. The van der Waals surface area contributed by atoms with Gasteiger partial charge in [-0.05, 0) is 24.0 Å². The smallest absolute Gasteiger partial charge is 0.321 e. The molecular formula is C18H19NO4. The van der Waals surface area contributed by atoms with Gasteiger partial charge >= 0.3 is 11.9 Å². The number of carbonyl (C=O) groups is 2. The minimum atomic E-state index is -1.62. The number of benzene rings is 2. The molecule has 2 aromatic carbocycles. The number of aliphatic carboxylic acids is 2. The van der Waals surface area contributed by atoms with Gasteiger partial charge in [-0.15, -0.1) is 0 Å². The van der Waals surface area contributed by atoms with Gasteiger partial charge in [-0.1, -0.05) is 60.7 Å². The van der Waals surface area contributed by atoms with Crippen LogP contribution in [0.25, 0.3) is 0 Å². The summed E-state index contributed by atoms with van der Waals surface area (Å²) in [4.78, 5) is 23.5. The van der Waals surface area contributed by atoms with Crippen molar-refractivity contribution in [2.75, 3.05) is 0 Å². The van der Waals surface area contributed by atoms with Crippen molar-refractivity contribution in [2.45, 2.75) is 18.9 Å². The monoisotopic (exact) mass is 313 g/mol. The van der Waals surface area contributed by atoms with Crippen LogP contribution in [0.1, 0.15) is 11.1 Å². The molecule has 23 heavy (non-hydrogen) atoms. The summed E-state index contributed by atoms with van der Waals surface area (Å²) in [5.41, 5.74) is 5.67. The summed E-state index contributed by atoms with van der Waals surface area (Å²) in [5, 5.41) is 19.2. The molecule has 0 radical (unpaired) electrons. The molecule has 0 aliphatic rings. The Labute approximate surface area is 134 Å². The van der Waals surface area contributed by atoms with Gasteiger partial charge in [-0.3, -0.25) is 9.59 Å². The second-order valence-electron chi connectivity index (χ2n) is 5.60. The third-order valence-electron chi connectivity index (χ3n) is 4.01. The zero-order valence-corrected chi connectivity index (χ0v) is 12.6. The van der Waals surface area contributed by atoms with E-state index in [4.69, 9.17) is 5.73 Å². The molecule has 0 heterocycles. The highest BCUT2D eigenvalue weighted by Crippen LogP contribution is 2.32. The molecule has 0 aromatic heterocycles. The van der Waals surface area contributed by atoms with E-state index in [9.17, 15) is 19.8 Å². The van der Waals surface area contributed by atoms with Crippen LogP contribution in [0.4, 0.5) is 0 Å². The maximum absolute atomic E-state index is 12.0. The molecule has 0 fully saturated rings. The fourth-order valence-electron chi connectivity index (χ4n) is 2.72. The van der Waals surface area contributed by atoms with E-state index in [0.29, 0.717) is 0 Å². The number of hydrogen-bond donors (Lipinski definition) is 3. The first-order valence-corrected chi connectivity index (χ1v) is 7.25. The molecular weight excluding hydrogens is 294 g/mol. The highest BCUT2D eigenvalue weighted by atomic mass is 16.4. The molecule has 1 atom stereocenters. The Balaban J connectivity index is 2.46. The average Bonchev–Trinajstić information content (AvgIpc) is 2.55. The van der Waals surface area contributed by atoms with E-state index in [-0.39, 0.29) is 12.8 Å². The van der Waals surface area contributed by atoms with E-state index >= 15 is 0 Å². The molecule has 0 spiro atoms. The summed E-state index contributed by atoms with van der Waals surface area (Å²) >= 11 is 0. The lowest BCUT2D eigenvalue weighted by Gasteiger charge is -2.33. The molecule has 0 aliphatic carbocycles. The first-order chi connectivity index (χ1) is 11.0. The van der Waals surface area contributed by atoms with Gasteiger partial charge in [0.2, 0.25) is 0 Å². The van der Waals surface area contributed by atoms with Crippen LogP contribution in [0, 0.1) is 5.41 Å². The molecule has 0 bridgehead atoms. The van der Waals surface area contributed by atoms with Crippen LogP contribution >= 0.6 is 0 Å². The summed E-state index contributed by atoms with van der Waals surface area (Å²) in [6.07, 6.45) is 0.0943. The quantitative estimate of drug-likeness (QED) is 0.725. The molecule has 2 rings (SSSR count). The van der Waals surface area contributed by atoms with E-state index < -0.39 is 23.4 Å². The SMILES string of the molecule is NC(C(=O)O)C(Cc1ccccc1)(Cc1ccccc1)C(=O)O. The van der Waals surface area contributed by atoms with Crippen molar-refractivity contribution in [1.29, 1.82) is 0 Å². The summed E-state index contributed by atoms with van der Waals surface area (Å²) in [6.45, 7) is 0. The zero-order chi connectivity index (χ0) is 16.9. The molecule has 0 amide bonds.